The van der Waals surface area contributed by atoms with Crippen molar-refractivity contribution in [1.82, 2.24) is 15.1 Å². The lowest BCUT2D eigenvalue weighted by atomic mass is 10.0. The van der Waals surface area contributed by atoms with Gasteiger partial charge in [0.2, 0.25) is 5.91 Å². The topological polar surface area (TPSA) is 67.2 Å². The molecule has 0 aliphatic rings. The third-order valence-electron chi connectivity index (χ3n) is 3.10. The zero-order valence-corrected chi connectivity index (χ0v) is 11.2. The maximum Gasteiger partial charge on any atom is 0.244 e. The Kier molecular flexibility index (Phi) is 6.43. The molecule has 0 saturated heterocycles. The summed E-state index contributed by atoms with van der Waals surface area (Å²) in [6.45, 7) is 4.73. The average molecular weight is 253 g/mol. The van der Waals surface area contributed by atoms with Gasteiger partial charge in [-0.3, -0.25) is 9.48 Å². The fourth-order valence-electron chi connectivity index (χ4n) is 1.96. The van der Waals surface area contributed by atoms with Crippen LogP contribution in [-0.4, -0.2) is 33.9 Å². The van der Waals surface area contributed by atoms with Gasteiger partial charge in [-0.05, 0) is 31.7 Å². The molecule has 18 heavy (non-hydrogen) atoms. The predicted octanol–water partition coefficient (Wildman–Crippen LogP) is 1.36. The van der Waals surface area contributed by atoms with Crippen LogP contribution in [0.5, 0.6) is 0 Å². The molecule has 0 aliphatic heterocycles. The summed E-state index contributed by atoms with van der Waals surface area (Å²) >= 11 is 0. The van der Waals surface area contributed by atoms with Gasteiger partial charge in [0.05, 0.1) is 0 Å². The molecule has 5 heteroatoms. The normalized spacial score (nSPS) is 14.2. The summed E-state index contributed by atoms with van der Waals surface area (Å²) < 4.78 is 1.64. The highest BCUT2D eigenvalue weighted by molar-refractivity contribution is 5.79. The van der Waals surface area contributed by atoms with E-state index in [0.717, 1.165) is 19.3 Å². The third kappa shape index (κ3) is 4.49. The summed E-state index contributed by atoms with van der Waals surface area (Å²) in [7, 11) is 0. The standard InChI is InChI=1S/C13H23N3O2/c1-3-5-12(6-9-17)10-14-13(18)11(2)16-8-4-7-15-16/h4,7-8,11-12,17H,3,5-6,9-10H2,1-2H3,(H,14,18). The van der Waals surface area contributed by atoms with Crippen LogP contribution in [0.1, 0.15) is 39.2 Å². The monoisotopic (exact) mass is 253 g/mol. The minimum Gasteiger partial charge on any atom is -0.396 e. The molecule has 0 saturated carbocycles. The lowest BCUT2D eigenvalue weighted by molar-refractivity contribution is -0.124. The van der Waals surface area contributed by atoms with Crippen molar-refractivity contribution in [2.75, 3.05) is 13.2 Å². The maximum absolute atomic E-state index is 11.9. The van der Waals surface area contributed by atoms with Crippen LogP contribution in [0.25, 0.3) is 0 Å². The van der Waals surface area contributed by atoms with Crippen molar-refractivity contribution < 1.29 is 9.90 Å². The zero-order valence-electron chi connectivity index (χ0n) is 11.2. The van der Waals surface area contributed by atoms with Gasteiger partial charge in [0.15, 0.2) is 0 Å². The number of hydrogen-bond acceptors (Lipinski definition) is 3. The SMILES string of the molecule is CCCC(CCO)CNC(=O)C(C)n1cccn1. The van der Waals surface area contributed by atoms with E-state index in [2.05, 4.69) is 17.3 Å². The van der Waals surface area contributed by atoms with Crippen molar-refractivity contribution in [1.29, 1.82) is 0 Å². The van der Waals surface area contributed by atoms with Gasteiger partial charge in [-0.2, -0.15) is 5.10 Å². The van der Waals surface area contributed by atoms with E-state index in [4.69, 9.17) is 5.11 Å². The Morgan fingerprint density at radius 1 is 1.50 bits per heavy atom. The van der Waals surface area contributed by atoms with Crippen LogP contribution in [0.2, 0.25) is 0 Å². The van der Waals surface area contributed by atoms with E-state index in [1.54, 1.807) is 23.1 Å². The number of nitrogens with one attached hydrogen (secondary N) is 1. The maximum atomic E-state index is 11.9. The van der Waals surface area contributed by atoms with Gasteiger partial charge in [-0.1, -0.05) is 13.3 Å². The number of carbonyl (C=O) groups is 1. The second-order valence-corrected chi connectivity index (χ2v) is 4.57. The van der Waals surface area contributed by atoms with Crippen LogP contribution in [0.3, 0.4) is 0 Å². The molecule has 2 atom stereocenters. The number of nitrogens with zero attached hydrogens (tertiary/aromatic N) is 2. The van der Waals surface area contributed by atoms with Gasteiger partial charge < -0.3 is 10.4 Å². The molecular formula is C13H23N3O2. The molecule has 1 aromatic heterocycles. The number of aromatic nitrogens is 2. The summed E-state index contributed by atoms with van der Waals surface area (Å²) in [4.78, 5) is 11.9. The lowest BCUT2D eigenvalue weighted by Crippen LogP contribution is -2.35. The fraction of sp³-hybridized carbons (Fsp3) is 0.692. The summed E-state index contributed by atoms with van der Waals surface area (Å²) in [6, 6.07) is 1.51. The molecule has 1 aromatic rings. The van der Waals surface area contributed by atoms with E-state index in [9.17, 15) is 4.79 Å². The molecule has 0 radical (unpaired) electrons. The molecule has 5 nitrogen and oxygen atoms in total. The lowest BCUT2D eigenvalue weighted by Gasteiger charge is -2.18. The first-order chi connectivity index (χ1) is 8.69. The molecule has 0 fully saturated rings. The molecule has 0 aliphatic carbocycles. The molecule has 0 spiro atoms. The fourth-order valence-corrected chi connectivity index (χ4v) is 1.96. The first-order valence-corrected chi connectivity index (χ1v) is 6.56. The first-order valence-electron chi connectivity index (χ1n) is 6.56. The molecule has 102 valence electrons. The number of aliphatic hydroxyl groups is 1. The number of hydrogen-bond donors (Lipinski definition) is 2. The molecule has 1 rings (SSSR count). The van der Waals surface area contributed by atoms with Gasteiger partial charge in [-0.25, -0.2) is 0 Å². The number of rotatable bonds is 8. The Morgan fingerprint density at radius 2 is 2.28 bits per heavy atom. The van der Waals surface area contributed by atoms with Crippen molar-refractivity contribution in [2.45, 2.75) is 39.2 Å². The summed E-state index contributed by atoms with van der Waals surface area (Å²) in [5.74, 6) is 0.325. The zero-order chi connectivity index (χ0) is 13.4. The van der Waals surface area contributed by atoms with Crippen molar-refractivity contribution >= 4 is 5.91 Å². The van der Waals surface area contributed by atoms with E-state index in [-0.39, 0.29) is 18.6 Å². The summed E-state index contributed by atoms with van der Waals surface area (Å²) in [6.07, 6.45) is 6.27. The number of amides is 1. The van der Waals surface area contributed by atoms with E-state index in [1.165, 1.54) is 0 Å². The second kappa shape index (κ2) is 7.87. The van der Waals surface area contributed by atoms with Crippen molar-refractivity contribution in [3.05, 3.63) is 18.5 Å². The van der Waals surface area contributed by atoms with Crippen LogP contribution in [0, 0.1) is 5.92 Å². The molecular weight excluding hydrogens is 230 g/mol. The van der Waals surface area contributed by atoms with Gasteiger partial charge in [-0.15, -0.1) is 0 Å². The molecule has 0 bridgehead atoms. The van der Waals surface area contributed by atoms with Crippen LogP contribution >= 0.6 is 0 Å². The van der Waals surface area contributed by atoms with Crippen molar-refractivity contribution in [3.63, 3.8) is 0 Å². The van der Waals surface area contributed by atoms with E-state index >= 15 is 0 Å². The highest BCUT2D eigenvalue weighted by atomic mass is 16.3. The van der Waals surface area contributed by atoms with E-state index in [1.807, 2.05) is 6.92 Å². The molecule has 1 amide bonds. The highest BCUT2D eigenvalue weighted by Gasteiger charge is 2.16. The quantitative estimate of drug-likeness (QED) is 0.735. The minimum atomic E-state index is -0.295. The minimum absolute atomic E-state index is 0.0299. The second-order valence-electron chi connectivity index (χ2n) is 4.57. The van der Waals surface area contributed by atoms with Gasteiger partial charge >= 0.3 is 0 Å². The first kappa shape index (κ1) is 14.7. The average Bonchev–Trinajstić information content (AvgIpc) is 2.89. The number of aliphatic hydroxyl groups excluding tert-OH is 1. The van der Waals surface area contributed by atoms with Gasteiger partial charge in [0, 0.05) is 25.5 Å². The van der Waals surface area contributed by atoms with Crippen LogP contribution in [0.4, 0.5) is 0 Å². The Labute approximate surface area is 108 Å². The smallest absolute Gasteiger partial charge is 0.244 e. The summed E-state index contributed by atoms with van der Waals surface area (Å²) in [5, 5.41) is 15.9. The van der Waals surface area contributed by atoms with E-state index < -0.39 is 0 Å². The highest BCUT2D eigenvalue weighted by Crippen LogP contribution is 2.10. The number of carbonyl (C=O) groups excluding carboxylic acids is 1. The molecule has 1 heterocycles. The summed E-state index contributed by atoms with van der Waals surface area (Å²) in [5.41, 5.74) is 0. The Bertz CT molecular complexity index is 332. The Hall–Kier alpha value is -1.36. The molecule has 2 N–H and O–H groups in total. The van der Waals surface area contributed by atoms with Crippen LogP contribution < -0.4 is 5.32 Å². The Balaban J connectivity index is 2.39. The Morgan fingerprint density at radius 3 is 2.83 bits per heavy atom. The van der Waals surface area contributed by atoms with Crippen LogP contribution in [-0.2, 0) is 4.79 Å². The van der Waals surface area contributed by atoms with Gasteiger partial charge in [0.25, 0.3) is 0 Å². The van der Waals surface area contributed by atoms with Crippen molar-refractivity contribution in [2.24, 2.45) is 5.92 Å². The van der Waals surface area contributed by atoms with E-state index in [0.29, 0.717) is 12.5 Å². The molecule has 0 aromatic carbocycles. The van der Waals surface area contributed by atoms with Gasteiger partial charge in [0.1, 0.15) is 6.04 Å². The van der Waals surface area contributed by atoms with Crippen LogP contribution in [0.15, 0.2) is 18.5 Å². The largest absolute Gasteiger partial charge is 0.396 e. The molecule has 2 unspecified atom stereocenters. The predicted molar refractivity (Wildman–Crippen MR) is 70.0 cm³/mol. The third-order valence-corrected chi connectivity index (χ3v) is 3.10. The van der Waals surface area contributed by atoms with Crippen molar-refractivity contribution in [3.8, 4) is 0 Å².